The first-order valence-electron chi connectivity index (χ1n) is 7.66. The van der Waals surface area contributed by atoms with Crippen LogP contribution in [0.5, 0.6) is 5.75 Å². The number of amides is 1. The van der Waals surface area contributed by atoms with Crippen LogP contribution >= 0.6 is 0 Å². The molecule has 6 heteroatoms. The first-order valence-corrected chi connectivity index (χ1v) is 7.66. The maximum absolute atomic E-state index is 12.8. The zero-order valence-corrected chi connectivity index (χ0v) is 13.4. The molecule has 2 heterocycles. The van der Waals surface area contributed by atoms with Gasteiger partial charge in [-0.1, -0.05) is 18.2 Å². The van der Waals surface area contributed by atoms with Gasteiger partial charge in [0.2, 0.25) is 5.91 Å². The normalized spacial score (nSPS) is 20.7. The fourth-order valence-electron chi connectivity index (χ4n) is 3.08. The zero-order valence-electron chi connectivity index (χ0n) is 13.4. The van der Waals surface area contributed by atoms with E-state index in [0.717, 1.165) is 23.6 Å². The fourth-order valence-corrected chi connectivity index (χ4v) is 3.08. The molecule has 1 aromatic carbocycles. The van der Waals surface area contributed by atoms with Crippen LogP contribution in [0.25, 0.3) is 0 Å². The number of hydrogen-bond donors (Lipinski definition) is 1. The lowest BCUT2D eigenvalue weighted by Gasteiger charge is -2.23. The molecule has 23 heavy (non-hydrogen) atoms. The lowest BCUT2D eigenvalue weighted by Crippen LogP contribution is -2.33. The van der Waals surface area contributed by atoms with Gasteiger partial charge < -0.3 is 19.4 Å². The SMILES string of the molecule is COc1ccccc1CC(=O)N1C[C@H](OC)CC1c1ncc[nH]1. The number of aromatic amines is 1. The summed E-state index contributed by atoms with van der Waals surface area (Å²) in [6.07, 6.45) is 4.57. The second-order valence-corrected chi connectivity index (χ2v) is 5.62. The monoisotopic (exact) mass is 315 g/mol. The van der Waals surface area contributed by atoms with Crippen molar-refractivity contribution < 1.29 is 14.3 Å². The minimum absolute atomic E-state index is 0.0340. The van der Waals surface area contributed by atoms with E-state index in [0.29, 0.717) is 13.0 Å². The molecule has 1 fully saturated rings. The summed E-state index contributed by atoms with van der Waals surface area (Å²) in [5, 5.41) is 0. The molecule has 2 aromatic rings. The van der Waals surface area contributed by atoms with Crippen LogP contribution in [0.15, 0.2) is 36.7 Å². The Morgan fingerprint density at radius 3 is 2.91 bits per heavy atom. The summed E-state index contributed by atoms with van der Waals surface area (Å²) in [6, 6.07) is 7.53. The molecule has 1 aromatic heterocycles. The number of benzene rings is 1. The van der Waals surface area contributed by atoms with Gasteiger partial charge in [-0.15, -0.1) is 0 Å². The van der Waals surface area contributed by atoms with E-state index in [2.05, 4.69) is 9.97 Å². The molecule has 3 rings (SSSR count). The molecular formula is C17H21N3O3. The van der Waals surface area contributed by atoms with Gasteiger partial charge in [-0.05, 0) is 6.07 Å². The Bertz CT molecular complexity index is 657. The molecule has 1 N–H and O–H groups in total. The quantitative estimate of drug-likeness (QED) is 0.916. The Morgan fingerprint density at radius 2 is 2.22 bits per heavy atom. The number of hydrogen-bond acceptors (Lipinski definition) is 4. The van der Waals surface area contributed by atoms with E-state index in [1.54, 1.807) is 26.6 Å². The van der Waals surface area contributed by atoms with Gasteiger partial charge in [0.25, 0.3) is 0 Å². The minimum Gasteiger partial charge on any atom is -0.496 e. The maximum Gasteiger partial charge on any atom is 0.227 e. The molecular weight excluding hydrogens is 294 g/mol. The number of ether oxygens (including phenoxy) is 2. The number of aromatic nitrogens is 2. The molecule has 0 aliphatic carbocycles. The number of nitrogens with zero attached hydrogens (tertiary/aromatic N) is 2. The number of rotatable bonds is 5. The molecule has 0 radical (unpaired) electrons. The van der Waals surface area contributed by atoms with Crippen molar-refractivity contribution in [3.8, 4) is 5.75 Å². The topological polar surface area (TPSA) is 67.4 Å². The van der Waals surface area contributed by atoms with Gasteiger partial charge in [0.1, 0.15) is 11.6 Å². The van der Waals surface area contributed by atoms with Crippen LogP contribution < -0.4 is 4.74 Å². The maximum atomic E-state index is 12.8. The van der Waals surface area contributed by atoms with Crippen LogP contribution in [0.4, 0.5) is 0 Å². The molecule has 1 amide bonds. The van der Waals surface area contributed by atoms with E-state index in [1.807, 2.05) is 29.2 Å². The van der Waals surface area contributed by atoms with E-state index in [1.165, 1.54) is 0 Å². The highest BCUT2D eigenvalue weighted by Gasteiger charge is 2.37. The lowest BCUT2D eigenvalue weighted by atomic mass is 10.1. The van der Waals surface area contributed by atoms with Crippen LogP contribution in [0, 0.1) is 0 Å². The Labute approximate surface area is 135 Å². The van der Waals surface area contributed by atoms with E-state index in [4.69, 9.17) is 9.47 Å². The van der Waals surface area contributed by atoms with Crippen molar-refractivity contribution in [1.29, 1.82) is 0 Å². The van der Waals surface area contributed by atoms with Gasteiger partial charge in [-0.25, -0.2) is 4.98 Å². The summed E-state index contributed by atoms with van der Waals surface area (Å²) < 4.78 is 10.8. The highest BCUT2D eigenvalue weighted by atomic mass is 16.5. The summed E-state index contributed by atoms with van der Waals surface area (Å²) in [5.74, 6) is 1.59. The number of methoxy groups -OCH3 is 2. The predicted molar refractivity (Wildman–Crippen MR) is 85.2 cm³/mol. The smallest absolute Gasteiger partial charge is 0.227 e. The number of nitrogens with one attached hydrogen (secondary N) is 1. The molecule has 6 nitrogen and oxygen atoms in total. The molecule has 1 saturated heterocycles. The molecule has 2 atom stereocenters. The molecule has 0 bridgehead atoms. The number of carbonyl (C=O) groups excluding carboxylic acids is 1. The van der Waals surface area contributed by atoms with E-state index in [9.17, 15) is 4.79 Å². The Balaban J connectivity index is 1.79. The molecule has 1 aliphatic rings. The van der Waals surface area contributed by atoms with Crippen molar-refractivity contribution in [3.63, 3.8) is 0 Å². The van der Waals surface area contributed by atoms with Crippen LogP contribution in [-0.2, 0) is 16.0 Å². The summed E-state index contributed by atoms with van der Waals surface area (Å²) in [6.45, 7) is 0.579. The molecule has 122 valence electrons. The van der Waals surface area contributed by atoms with Gasteiger partial charge >= 0.3 is 0 Å². The van der Waals surface area contributed by atoms with Crippen molar-refractivity contribution in [2.75, 3.05) is 20.8 Å². The third-order valence-corrected chi connectivity index (χ3v) is 4.29. The minimum atomic E-state index is -0.0721. The van der Waals surface area contributed by atoms with Crippen LogP contribution in [0.2, 0.25) is 0 Å². The summed E-state index contributed by atoms with van der Waals surface area (Å²) in [5.41, 5.74) is 0.888. The first kappa shape index (κ1) is 15.6. The van der Waals surface area contributed by atoms with E-state index < -0.39 is 0 Å². The Hall–Kier alpha value is -2.34. The third-order valence-electron chi connectivity index (χ3n) is 4.29. The lowest BCUT2D eigenvalue weighted by molar-refractivity contribution is -0.131. The van der Waals surface area contributed by atoms with Crippen LogP contribution in [0.3, 0.4) is 0 Å². The van der Waals surface area contributed by atoms with Gasteiger partial charge in [0, 0.05) is 38.0 Å². The van der Waals surface area contributed by atoms with Crippen molar-refractivity contribution in [1.82, 2.24) is 14.9 Å². The Kier molecular flexibility index (Phi) is 4.62. The van der Waals surface area contributed by atoms with Crippen LogP contribution in [-0.4, -0.2) is 47.6 Å². The van der Waals surface area contributed by atoms with Crippen LogP contribution in [0.1, 0.15) is 23.9 Å². The molecule has 1 unspecified atom stereocenters. The van der Waals surface area contributed by atoms with Gasteiger partial charge in [0.05, 0.1) is 25.7 Å². The highest BCUT2D eigenvalue weighted by molar-refractivity contribution is 5.80. The standard InChI is InChI=1S/C17H21N3O3/c1-22-13-10-14(17-18-7-8-19-17)20(11-13)16(21)9-12-5-3-4-6-15(12)23-2/h3-8,13-14H,9-11H2,1-2H3,(H,18,19)/t13-,14?/m1/s1. The van der Waals surface area contributed by atoms with E-state index >= 15 is 0 Å². The average molecular weight is 315 g/mol. The second-order valence-electron chi connectivity index (χ2n) is 5.62. The molecule has 0 spiro atoms. The van der Waals surface area contributed by atoms with Crippen molar-refractivity contribution in [2.45, 2.75) is 25.0 Å². The van der Waals surface area contributed by atoms with Crippen molar-refractivity contribution in [3.05, 3.63) is 48.0 Å². The number of H-pyrrole nitrogens is 1. The van der Waals surface area contributed by atoms with E-state index in [-0.39, 0.29) is 18.1 Å². The van der Waals surface area contributed by atoms with Gasteiger partial charge in [-0.2, -0.15) is 0 Å². The van der Waals surface area contributed by atoms with Crippen molar-refractivity contribution >= 4 is 5.91 Å². The largest absolute Gasteiger partial charge is 0.496 e. The second kappa shape index (κ2) is 6.83. The molecule has 1 aliphatic heterocycles. The zero-order chi connectivity index (χ0) is 16.2. The predicted octanol–water partition coefficient (Wildman–Crippen LogP) is 1.95. The highest BCUT2D eigenvalue weighted by Crippen LogP contribution is 2.32. The number of imidazole rings is 1. The fraction of sp³-hybridized carbons (Fsp3) is 0.412. The van der Waals surface area contributed by atoms with Gasteiger partial charge in [-0.3, -0.25) is 4.79 Å². The first-order chi connectivity index (χ1) is 11.2. The third kappa shape index (κ3) is 3.22. The average Bonchev–Trinajstić information content (AvgIpc) is 3.24. The number of carbonyl (C=O) groups is 1. The van der Waals surface area contributed by atoms with Gasteiger partial charge in [0.15, 0.2) is 0 Å². The summed E-state index contributed by atoms with van der Waals surface area (Å²) >= 11 is 0. The molecule has 0 saturated carbocycles. The number of para-hydroxylation sites is 1. The summed E-state index contributed by atoms with van der Waals surface area (Å²) in [4.78, 5) is 22.1. The number of likely N-dealkylation sites (tertiary alicyclic amines) is 1. The summed E-state index contributed by atoms with van der Waals surface area (Å²) in [7, 11) is 3.30. The Morgan fingerprint density at radius 1 is 1.39 bits per heavy atom. The van der Waals surface area contributed by atoms with Crippen molar-refractivity contribution in [2.24, 2.45) is 0 Å².